The topological polar surface area (TPSA) is 93.5 Å². The van der Waals surface area contributed by atoms with Gasteiger partial charge in [0.1, 0.15) is 11.3 Å². The number of aromatic nitrogens is 3. The Labute approximate surface area is 201 Å². The lowest BCUT2D eigenvalue weighted by atomic mass is 10.1. The van der Waals surface area contributed by atoms with Gasteiger partial charge in [0.2, 0.25) is 0 Å². The third-order valence-corrected chi connectivity index (χ3v) is 7.05. The summed E-state index contributed by atoms with van der Waals surface area (Å²) in [6.45, 7) is 6.13. The molecule has 0 aliphatic carbocycles. The predicted octanol–water partition coefficient (Wildman–Crippen LogP) is 3.64. The Morgan fingerprint density at radius 3 is 2.65 bits per heavy atom. The molecule has 0 unspecified atom stereocenters. The minimum absolute atomic E-state index is 0.256. The van der Waals surface area contributed by atoms with E-state index in [2.05, 4.69) is 39.5 Å². The lowest BCUT2D eigenvalue weighted by Crippen LogP contribution is -2.54. The molecule has 1 fully saturated rings. The third-order valence-electron chi connectivity index (χ3n) is 6.01. The van der Waals surface area contributed by atoms with Crippen LogP contribution >= 0.6 is 11.3 Å². The molecule has 10 heteroatoms. The molecule has 9 nitrogen and oxygen atoms in total. The highest BCUT2D eigenvalue weighted by atomic mass is 32.1. The number of carbonyl (C=O) groups is 1. The van der Waals surface area contributed by atoms with E-state index >= 15 is 0 Å². The Balaban J connectivity index is 1.53. The van der Waals surface area contributed by atoms with Crippen LogP contribution in [-0.2, 0) is 7.05 Å². The lowest BCUT2D eigenvalue weighted by Gasteiger charge is -2.37. The zero-order valence-corrected chi connectivity index (χ0v) is 20.7. The molecule has 4 aromatic rings. The van der Waals surface area contributed by atoms with Gasteiger partial charge in [0, 0.05) is 49.9 Å². The second-order valence-electron chi connectivity index (χ2n) is 8.74. The standard InChI is InChI=1S/C24H28N6O3S/c1-13-10-30(11-14(2)25-13)19-7-6-16(21-22(19)34-24(27-21)33-5)23(31)26-18-8-15-12-29(3)28-17(15)9-20(18)32-4/h6-9,12-14,25H,10-11H2,1-5H3,(H,26,31)/t13-,14+. The number of nitrogens with zero attached hydrogens (tertiary/aromatic N) is 4. The molecule has 0 saturated carbocycles. The minimum atomic E-state index is -0.256. The summed E-state index contributed by atoms with van der Waals surface area (Å²) < 4.78 is 13.6. The van der Waals surface area contributed by atoms with Gasteiger partial charge in [-0.05, 0) is 32.0 Å². The number of rotatable bonds is 5. The molecule has 1 aliphatic heterocycles. The fourth-order valence-corrected chi connectivity index (χ4v) is 5.60. The van der Waals surface area contributed by atoms with Gasteiger partial charge in [0.15, 0.2) is 0 Å². The summed E-state index contributed by atoms with van der Waals surface area (Å²) in [6, 6.07) is 8.29. The van der Waals surface area contributed by atoms with Crippen LogP contribution in [-0.4, -0.2) is 60.1 Å². The number of methoxy groups -OCH3 is 2. The van der Waals surface area contributed by atoms with Gasteiger partial charge in [-0.2, -0.15) is 5.10 Å². The number of nitrogens with one attached hydrogen (secondary N) is 2. The Morgan fingerprint density at radius 1 is 1.18 bits per heavy atom. The number of amides is 1. The highest BCUT2D eigenvalue weighted by molar-refractivity contribution is 7.21. The maximum atomic E-state index is 13.4. The number of aryl methyl sites for hydroxylation is 1. The van der Waals surface area contributed by atoms with Crippen LogP contribution in [0.25, 0.3) is 21.1 Å². The fourth-order valence-electron chi connectivity index (χ4n) is 4.65. The molecule has 2 aromatic carbocycles. The van der Waals surface area contributed by atoms with E-state index in [1.807, 2.05) is 37.5 Å². The molecule has 1 saturated heterocycles. The molecular formula is C24H28N6O3S. The molecule has 5 rings (SSSR count). The first-order valence-corrected chi connectivity index (χ1v) is 12.0. The molecule has 0 radical (unpaired) electrons. The number of benzene rings is 2. The summed E-state index contributed by atoms with van der Waals surface area (Å²) >= 11 is 1.46. The second kappa shape index (κ2) is 8.77. The maximum absolute atomic E-state index is 13.4. The smallest absolute Gasteiger partial charge is 0.274 e. The molecular weight excluding hydrogens is 452 g/mol. The Kier molecular flexibility index (Phi) is 5.78. The molecule has 0 spiro atoms. The minimum Gasteiger partial charge on any atom is -0.494 e. The number of anilines is 2. The SMILES string of the molecule is COc1nc2c(C(=O)Nc3cc4cn(C)nc4cc3OC)ccc(N3C[C@@H](C)N[C@@H](C)C3)c2s1. The van der Waals surface area contributed by atoms with Crippen molar-refractivity contribution in [1.29, 1.82) is 0 Å². The second-order valence-corrected chi connectivity index (χ2v) is 9.70. The molecule has 1 amide bonds. The highest BCUT2D eigenvalue weighted by Crippen LogP contribution is 2.38. The van der Waals surface area contributed by atoms with Crippen molar-refractivity contribution in [3.8, 4) is 10.9 Å². The van der Waals surface area contributed by atoms with Gasteiger partial charge in [0.05, 0.1) is 41.4 Å². The van der Waals surface area contributed by atoms with Crippen LogP contribution in [0.15, 0.2) is 30.5 Å². The maximum Gasteiger partial charge on any atom is 0.274 e. The van der Waals surface area contributed by atoms with Gasteiger partial charge in [-0.1, -0.05) is 11.3 Å². The van der Waals surface area contributed by atoms with E-state index in [4.69, 9.17) is 9.47 Å². The number of fused-ring (bicyclic) bond motifs is 2. The van der Waals surface area contributed by atoms with Gasteiger partial charge in [-0.3, -0.25) is 9.48 Å². The Bertz CT molecular complexity index is 1370. The number of thiazole rings is 1. The van der Waals surface area contributed by atoms with Crippen molar-refractivity contribution in [3.63, 3.8) is 0 Å². The molecule has 2 aromatic heterocycles. The number of ether oxygens (including phenoxy) is 2. The average Bonchev–Trinajstić information content (AvgIpc) is 3.39. The van der Waals surface area contributed by atoms with E-state index in [-0.39, 0.29) is 5.91 Å². The molecule has 34 heavy (non-hydrogen) atoms. The predicted molar refractivity (Wildman–Crippen MR) is 136 cm³/mol. The number of piperazine rings is 1. The molecule has 2 atom stereocenters. The Hall–Kier alpha value is -3.37. The van der Waals surface area contributed by atoms with E-state index in [0.29, 0.717) is 39.8 Å². The first kappa shape index (κ1) is 22.4. The third kappa shape index (κ3) is 4.03. The van der Waals surface area contributed by atoms with Crippen molar-refractivity contribution in [1.82, 2.24) is 20.1 Å². The summed E-state index contributed by atoms with van der Waals surface area (Å²) in [5, 5.41) is 12.4. The zero-order valence-electron chi connectivity index (χ0n) is 19.9. The van der Waals surface area contributed by atoms with E-state index in [1.54, 1.807) is 18.9 Å². The van der Waals surface area contributed by atoms with Crippen LogP contribution in [0, 0.1) is 0 Å². The average molecular weight is 481 g/mol. The molecule has 3 heterocycles. The van der Waals surface area contributed by atoms with Crippen LogP contribution in [0.2, 0.25) is 0 Å². The first-order valence-electron chi connectivity index (χ1n) is 11.2. The van der Waals surface area contributed by atoms with Crippen molar-refractivity contribution >= 4 is 49.7 Å². The van der Waals surface area contributed by atoms with Crippen LogP contribution in [0.5, 0.6) is 10.9 Å². The molecule has 0 bridgehead atoms. The largest absolute Gasteiger partial charge is 0.494 e. The molecule has 2 N–H and O–H groups in total. The van der Waals surface area contributed by atoms with Gasteiger partial charge in [0.25, 0.3) is 11.1 Å². The summed E-state index contributed by atoms with van der Waals surface area (Å²) in [4.78, 5) is 20.4. The van der Waals surface area contributed by atoms with Crippen LogP contribution in [0.3, 0.4) is 0 Å². The summed E-state index contributed by atoms with van der Waals surface area (Å²) in [7, 11) is 5.03. The van der Waals surface area contributed by atoms with E-state index in [0.717, 1.165) is 34.4 Å². The monoisotopic (exact) mass is 480 g/mol. The van der Waals surface area contributed by atoms with Crippen molar-refractivity contribution in [2.45, 2.75) is 25.9 Å². The lowest BCUT2D eigenvalue weighted by molar-refractivity contribution is 0.102. The number of hydrogen-bond acceptors (Lipinski definition) is 8. The van der Waals surface area contributed by atoms with Crippen molar-refractivity contribution in [3.05, 3.63) is 36.0 Å². The van der Waals surface area contributed by atoms with Crippen molar-refractivity contribution < 1.29 is 14.3 Å². The van der Waals surface area contributed by atoms with Gasteiger partial charge < -0.3 is 25.0 Å². The van der Waals surface area contributed by atoms with Gasteiger partial charge in [-0.15, -0.1) is 0 Å². The van der Waals surface area contributed by atoms with Crippen LogP contribution < -0.4 is 25.0 Å². The van der Waals surface area contributed by atoms with Crippen LogP contribution in [0.4, 0.5) is 11.4 Å². The van der Waals surface area contributed by atoms with E-state index in [9.17, 15) is 4.79 Å². The fraction of sp³-hybridized carbons (Fsp3) is 0.375. The number of hydrogen-bond donors (Lipinski definition) is 2. The highest BCUT2D eigenvalue weighted by Gasteiger charge is 2.26. The van der Waals surface area contributed by atoms with Gasteiger partial charge >= 0.3 is 0 Å². The Morgan fingerprint density at radius 2 is 1.94 bits per heavy atom. The van der Waals surface area contributed by atoms with Crippen molar-refractivity contribution in [2.75, 3.05) is 37.5 Å². The quantitative estimate of drug-likeness (QED) is 0.450. The van der Waals surface area contributed by atoms with E-state index in [1.165, 1.54) is 11.3 Å². The normalized spacial score (nSPS) is 18.4. The summed E-state index contributed by atoms with van der Waals surface area (Å²) in [5.41, 5.74) is 3.58. The zero-order chi connectivity index (χ0) is 24.0. The van der Waals surface area contributed by atoms with Gasteiger partial charge in [-0.25, -0.2) is 4.98 Å². The summed E-state index contributed by atoms with van der Waals surface area (Å²) in [5.74, 6) is 0.292. The van der Waals surface area contributed by atoms with E-state index < -0.39 is 0 Å². The molecule has 1 aliphatic rings. The first-order chi connectivity index (χ1) is 16.4. The number of carbonyl (C=O) groups excluding carboxylic acids is 1. The summed E-state index contributed by atoms with van der Waals surface area (Å²) in [6.07, 6.45) is 1.90. The molecule has 178 valence electrons. The van der Waals surface area contributed by atoms with Crippen molar-refractivity contribution in [2.24, 2.45) is 7.05 Å². The van der Waals surface area contributed by atoms with Crippen LogP contribution in [0.1, 0.15) is 24.2 Å².